The molecule has 1 aromatic carbocycles. The Morgan fingerprint density at radius 3 is 2.74 bits per heavy atom. The summed E-state index contributed by atoms with van der Waals surface area (Å²) in [7, 11) is 0. The summed E-state index contributed by atoms with van der Waals surface area (Å²) in [4.78, 5) is 11.8. The second kappa shape index (κ2) is 6.55. The third kappa shape index (κ3) is 4.23. The number of nitrogens with two attached hydrogens (primary N) is 1. The van der Waals surface area contributed by atoms with Crippen LogP contribution in [0.4, 0.5) is 10.1 Å². The minimum atomic E-state index is -0.476. The van der Waals surface area contributed by atoms with Crippen LogP contribution in [-0.2, 0) is 0 Å². The number of hydrogen-bond donors (Lipinski definition) is 2. The van der Waals surface area contributed by atoms with Crippen LogP contribution in [0, 0.1) is 11.7 Å². The number of rotatable bonds is 5. The van der Waals surface area contributed by atoms with Gasteiger partial charge in [0, 0.05) is 17.8 Å². The topological polar surface area (TPSA) is 55.1 Å². The third-order valence-corrected chi connectivity index (χ3v) is 3.73. The van der Waals surface area contributed by atoms with Gasteiger partial charge in [0.25, 0.3) is 5.91 Å². The second-order valence-electron chi connectivity index (χ2n) is 5.32. The number of anilines is 1. The lowest BCUT2D eigenvalue weighted by Crippen LogP contribution is -2.25. The van der Waals surface area contributed by atoms with Crippen molar-refractivity contribution in [3.63, 3.8) is 0 Å². The molecule has 1 aliphatic rings. The molecule has 0 heterocycles. The predicted molar refractivity (Wildman–Crippen MR) is 74.3 cm³/mol. The van der Waals surface area contributed by atoms with Crippen molar-refractivity contribution in [1.82, 2.24) is 5.32 Å². The molecule has 1 amide bonds. The van der Waals surface area contributed by atoms with Gasteiger partial charge in [-0.15, -0.1) is 0 Å². The van der Waals surface area contributed by atoms with E-state index in [0.29, 0.717) is 12.1 Å². The highest BCUT2D eigenvalue weighted by Gasteiger charge is 2.14. The van der Waals surface area contributed by atoms with Crippen LogP contribution in [0.3, 0.4) is 0 Å². The number of nitrogens with one attached hydrogen (secondary N) is 1. The third-order valence-electron chi connectivity index (χ3n) is 3.73. The molecule has 0 spiro atoms. The van der Waals surface area contributed by atoms with Crippen molar-refractivity contribution in [2.45, 2.75) is 38.5 Å². The average molecular weight is 264 g/mol. The molecule has 4 heteroatoms. The largest absolute Gasteiger partial charge is 0.399 e. The Kier molecular flexibility index (Phi) is 4.77. The Morgan fingerprint density at radius 1 is 1.32 bits per heavy atom. The van der Waals surface area contributed by atoms with Gasteiger partial charge in [0.05, 0.1) is 0 Å². The second-order valence-corrected chi connectivity index (χ2v) is 5.32. The van der Waals surface area contributed by atoms with E-state index in [1.165, 1.54) is 50.3 Å². The average Bonchev–Trinajstić information content (AvgIpc) is 2.86. The Hall–Kier alpha value is -1.58. The molecule has 104 valence electrons. The van der Waals surface area contributed by atoms with Crippen molar-refractivity contribution < 1.29 is 9.18 Å². The number of benzene rings is 1. The summed E-state index contributed by atoms with van der Waals surface area (Å²) >= 11 is 0. The summed E-state index contributed by atoms with van der Waals surface area (Å²) < 4.78 is 13.1. The van der Waals surface area contributed by atoms with E-state index in [1.54, 1.807) is 0 Å². The molecule has 1 aromatic rings. The zero-order chi connectivity index (χ0) is 13.7. The number of carbonyl (C=O) groups is 1. The van der Waals surface area contributed by atoms with Crippen LogP contribution < -0.4 is 11.1 Å². The molecular formula is C15H21FN2O. The van der Waals surface area contributed by atoms with Gasteiger partial charge in [0.15, 0.2) is 0 Å². The normalized spacial score (nSPS) is 15.6. The maximum absolute atomic E-state index is 13.1. The first-order valence-corrected chi connectivity index (χ1v) is 6.99. The SMILES string of the molecule is Nc1cc(F)cc(C(=O)NCCCC2CCCC2)c1. The summed E-state index contributed by atoms with van der Waals surface area (Å²) in [5, 5.41) is 2.82. The number of amides is 1. The van der Waals surface area contributed by atoms with Gasteiger partial charge >= 0.3 is 0 Å². The molecule has 1 fully saturated rings. The zero-order valence-electron chi connectivity index (χ0n) is 11.1. The Morgan fingerprint density at radius 2 is 2.05 bits per heavy atom. The molecule has 19 heavy (non-hydrogen) atoms. The molecule has 0 bridgehead atoms. The quantitative estimate of drug-likeness (QED) is 0.634. The van der Waals surface area contributed by atoms with Gasteiger partial charge in [-0.3, -0.25) is 4.79 Å². The Bertz CT molecular complexity index is 422. The standard InChI is InChI=1S/C15H21FN2O/c16-13-8-12(9-14(17)10-13)15(19)18-7-3-6-11-4-1-2-5-11/h8-11H,1-7,17H2,(H,18,19). The van der Waals surface area contributed by atoms with Crippen molar-refractivity contribution >= 4 is 11.6 Å². The van der Waals surface area contributed by atoms with Crippen LogP contribution in [0.2, 0.25) is 0 Å². The molecule has 0 radical (unpaired) electrons. The van der Waals surface area contributed by atoms with E-state index < -0.39 is 5.82 Å². The lowest BCUT2D eigenvalue weighted by atomic mass is 10.0. The van der Waals surface area contributed by atoms with E-state index in [9.17, 15) is 9.18 Å². The molecule has 3 N–H and O–H groups in total. The van der Waals surface area contributed by atoms with E-state index >= 15 is 0 Å². The summed E-state index contributed by atoms with van der Waals surface area (Å²) in [5.74, 6) is 0.107. The summed E-state index contributed by atoms with van der Waals surface area (Å²) in [5.41, 5.74) is 6.08. The van der Waals surface area contributed by atoms with Crippen LogP contribution in [0.15, 0.2) is 18.2 Å². The lowest BCUT2D eigenvalue weighted by Gasteiger charge is -2.09. The molecule has 1 saturated carbocycles. The molecule has 0 aromatic heterocycles. The molecule has 0 unspecified atom stereocenters. The van der Waals surface area contributed by atoms with Gasteiger partial charge in [0.2, 0.25) is 0 Å². The first kappa shape index (κ1) is 13.8. The first-order valence-electron chi connectivity index (χ1n) is 6.99. The summed E-state index contributed by atoms with van der Waals surface area (Å²) in [6.45, 7) is 0.645. The lowest BCUT2D eigenvalue weighted by molar-refractivity contribution is 0.0952. The summed E-state index contributed by atoms with van der Waals surface area (Å²) in [6, 6.07) is 3.91. The maximum atomic E-state index is 13.1. The van der Waals surface area contributed by atoms with Crippen molar-refractivity contribution in [2.24, 2.45) is 5.92 Å². The number of nitrogen functional groups attached to an aromatic ring is 1. The molecule has 0 saturated heterocycles. The number of carbonyl (C=O) groups excluding carboxylic acids is 1. The van der Waals surface area contributed by atoms with Crippen LogP contribution in [0.1, 0.15) is 48.9 Å². The van der Waals surface area contributed by atoms with Crippen LogP contribution in [0.25, 0.3) is 0 Å². The minimum Gasteiger partial charge on any atom is -0.399 e. The minimum absolute atomic E-state index is 0.252. The highest BCUT2D eigenvalue weighted by Crippen LogP contribution is 2.28. The Labute approximate surface area is 113 Å². The Balaban J connectivity index is 1.74. The fraction of sp³-hybridized carbons (Fsp3) is 0.533. The van der Waals surface area contributed by atoms with Gasteiger partial charge < -0.3 is 11.1 Å². The van der Waals surface area contributed by atoms with E-state index in [0.717, 1.165) is 12.3 Å². The van der Waals surface area contributed by atoms with E-state index in [4.69, 9.17) is 5.73 Å². The molecular weight excluding hydrogens is 243 g/mol. The maximum Gasteiger partial charge on any atom is 0.251 e. The van der Waals surface area contributed by atoms with E-state index in [1.807, 2.05) is 0 Å². The molecule has 0 atom stereocenters. The fourth-order valence-corrected chi connectivity index (χ4v) is 2.74. The predicted octanol–water partition coefficient (Wildman–Crippen LogP) is 3.11. The van der Waals surface area contributed by atoms with E-state index in [-0.39, 0.29) is 11.6 Å². The highest BCUT2D eigenvalue weighted by atomic mass is 19.1. The van der Waals surface area contributed by atoms with Crippen LogP contribution in [-0.4, -0.2) is 12.5 Å². The van der Waals surface area contributed by atoms with Crippen molar-refractivity contribution in [3.8, 4) is 0 Å². The molecule has 0 aliphatic heterocycles. The van der Waals surface area contributed by atoms with Gasteiger partial charge in [-0.05, 0) is 37.0 Å². The highest BCUT2D eigenvalue weighted by molar-refractivity contribution is 5.95. The smallest absolute Gasteiger partial charge is 0.251 e. The van der Waals surface area contributed by atoms with Gasteiger partial charge in [0.1, 0.15) is 5.82 Å². The van der Waals surface area contributed by atoms with Crippen molar-refractivity contribution in [3.05, 3.63) is 29.6 Å². The fourth-order valence-electron chi connectivity index (χ4n) is 2.74. The summed E-state index contributed by atoms with van der Waals surface area (Å²) in [6.07, 6.45) is 7.51. The van der Waals surface area contributed by atoms with Crippen LogP contribution in [0.5, 0.6) is 0 Å². The van der Waals surface area contributed by atoms with Crippen molar-refractivity contribution in [2.75, 3.05) is 12.3 Å². The first-order chi connectivity index (χ1) is 9.15. The van der Waals surface area contributed by atoms with Gasteiger partial charge in [-0.1, -0.05) is 25.7 Å². The monoisotopic (exact) mass is 264 g/mol. The van der Waals surface area contributed by atoms with Crippen LogP contribution >= 0.6 is 0 Å². The molecule has 2 rings (SSSR count). The molecule has 1 aliphatic carbocycles. The van der Waals surface area contributed by atoms with Gasteiger partial charge in [-0.25, -0.2) is 4.39 Å². The zero-order valence-corrected chi connectivity index (χ0v) is 11.1. The number of hydrogen-bond acceptors (Lipinski definition) is 2. The van der Waals surface area contributed by atoms with Crippen molar-refractivity contribution in [1.29, 1.82) is 0 Å². The van der Waals surface area contributed by atoms with E-state index in [2.05, 4.69) is 5.32 Å². The number of halogens is 1. The van der Waals surface area contributed by atoms with Gasteiger partial charge in [-0.2, -0.15) is 0 Å². The molecule has 3 nitrogen and oxygen atoms in total.